The fraction of sp³-hybridized carbons (Fsp3) is 0.250. The average molecular weight is 365 g/mol. The molecule has 3 aromatic rings. The average Bonchev–Trinajstić information content (AvgIpc) is 2.86. The second-order valence-corrected chi connectivity index (χ2v) is 6.09. The molecule has 0 saturated heterocycles. The Hall–Kier alpha value is -1.39. The molecule has 3 rings (SSSR count). The number of pyridine rings is 1. The van der Waals surface area contributed by atoms with E-state index < -0.39 is 0 Å². The van der Waals surface area contributed by atoms with Crippen molar-refractivity contribution >= 4 is 38.7 Å². The molecule has 108 valence electrons. The van der Waals surface area contributed by atoms with Gasteiger partial charge in [0.25, 0.3) is 0 Å². The SMILES string of the molecule is CCCc1ccc(-n2c(CCl)nc3cc(Br)cnc32)cc1. The largest absolute Gasteiger partial charge is 0.280 e. The number of aryl methyl sites for hydroxylation is 1. The summed E-state index contributed by atoms with van der Waals surface area (Å²) in [5, 5.41) is 0. The number of halogens is 2. The minimum Gasteiger partial charge on any atom is -0.280 e. The molecule has 21 heavy (non-hydrogen) atoms. The van der Waals surface area contributed by atoms with Crippen molar-refractivity contribution in [2.75, 3.05) is 0 Å². The lowest BCUT2D eigenvalue weighted by Crippen LogP contribution is -2.00. The Balaban J connectivity index is 2.13. The van der Waals surface area contributed by atoms with Crippen molar-refractivity contribution < 1.29 is 0 Å². The van der Waals surface area contributed by atoms with E-state index in [0.717, 1.165) is 40.0 Å². The van der Waals surface area contributed by atoms with Crippen LogP contribution in [0.25, 0.3) is 16.9 Å². The van der Waals surface area contributed by atoms with E-state index in [4.69, 9.17) is 11.6 Å². The maximum Gasteiger partial charge on any atom is 0.164 e. The Morgan fingerprint density at radius 3 is 2.67 bits per heavy atom. The van der Waals surface area contributed by atoms with E-state index in [1.165, 1.54) is 5.56 Å². The van der Waals surface area contributed by atoms with Gasteiger partial charge in [-0.25, -0.2) is 9.97 Å². The third-order valence-corrected chi connectivity index (χ3v) is 4.06. The number of imidazole rings is 1. The van der Waals surface area contributed by atoms with Crippen LogP contribution in [0.5, 0.6) is 0 Å². The third kappa shape index (κ3) is 2.83. The Labute approximate surface area is 137 Å². The maximum absolute atomic E-state index is 6.05. The molecule has 0 aliphatic heterocycles. The van der Waals surface area contributed by atoms with Crippen molar-refractivity contribution in [2.45, 2.75) is 25.6 Å². The topological polar surface area (TPSA) is 30.7 Å². The summed E-state index contributed by atoms with van der Waals surface area (Å²) in [6, 6.07) is 10.5. The number of nitrogens with zero attached hydrogens (tertiary/aromatic N) is 3. The fourth-order valence-electron chi connectivity index (χ4n) is 2.45. The van der Waals surface area contributed by atoms with Crippen LogP contribution in [-0.4, -0.2) is 14.5 Å². The standard InChI is InChI=1S/C16H15BrClN3/c1-2-3-11-4-6-13(7-5-11)21-15(9-18)20-14-8-12(17)10-19-16(14)21/h4-8,10H,2-3,9H2,1H3. The normalized spacial score (nSPS) is 11.2. The molecule has 0 radical (unpaired) electrons. The molecule has 0 spiro atoms. The van der Waals surface area contributed by atoms with Crippen molar-refractivity contribution in [1.29, 1.82) is 0 Å². The van der Waals surface area contributed by atoms with Gasteiger partial charge < -0.3 is 0 Å². The van der Waals surface area contributed by atoms with Gasteiger partial charge in [0.1, 0.15) is 11.3 Å². The van der Waals surface area contributed by atoms with Crippen LogP contribution in [0.15, 0.2) is 41.0 Å². The number of fused-ring (bicyclic) bond motifs is 1. The molecule has 0 bridgehead atoms. The minimum absolute atomic E-state index is 0.352. The van der Waals surface area contributed by atoms with Gasteiger partial charge in [0.2, 0.25) is 0 Å². The lowest BCUT2D eigenvalue weighted by molar-refractivity contribution is 0.917. The number of rotatable bonds is 4. The predicted molar refractivity (Wildman–Crippen MR) is 90.1 cm³/mol. The number of aromatic nitrogens is 3. The first kappa shape index (κ1) is 14.5. The molecule has 0 fully saturated rings. The van der Waals surface area contributed by atoms with Gasteiger partial charge in [-0.2, -0.15) is 0 Å². The van der Waals surface area contributed by atoms with Gasteiger partial charge in [0, 0.05) is 16.4 Å². The molecule has 0 aliphatic carbocycles. The van der Waals surface area contributed by atoms with Crippen molar-refractivity contribution in [1.82, 2.24) is 14.5 Å². The second kappa shape index (κ2) is 6.16. The van der Waals surface area contributed by atoms with E-state index in [2.05, 4.69) is 57.1 Å². The Kier molecular flexibility index (Phi) is 4.27. The number of hydrogen-bond donors (Lipinski definition) is 0. The van der Waals surface area contributed by atoms with Crippen LogP contribution in [-0.2, 0) is 12.3 Å². The summed E-state index contributed by atoms with van der Waals surface area (Å²) in [6.07, 6.45) is 4.03. The van der Waals surface area contributed by atoms with E-state index >= 15 is 0 Å². The summed E-state index contributed by atoms with van der Waals surface area (Å²) in [5.41, 5.74) is 4.06. The molecule has 5 heteroatoms. The molecule has 0 atom stereocenters. The Bertz CT molecular complexity index is 765. The molecule has 3 nitrogen and oxygen atoms in total. The van der Waals surface area contributed by atoms with Gasteiger partial charge in [-0.1, -0.05) is 25.5 Å². The van der Waals surface area contributed by atoms with Crippen LogP contribution in [0.2, 0.25) is 0 Å². The van der Waals surface area contributed by atoms with Gasteiger partial charge in [-0.3, -0.25) is 4.57 Å². The minimum atomic E-state index is 0.352. The maximum atomic E-state index is 6.05. The highest BCUT2D eigenvalue weighted by atomic mass is 79.9. The summed E-state index contributed by atoms with van der Waals surface area (Å²) in [6.45, 7) is 2.19. The number of benzene rings is 1. The smallest absolute Gasteiger partial charge is 0.164 e. The molecule has 0 N–H and O–H groups in total. The Morgan fingerprint density at radius 2 is 2.00 bits per heavy atom. The van der Waals surface area contributed by atoms with E-state index in [-0.39, 0.29) is 0 Å². The predicted octanol–water partition coefficient (Wildman–Crippen LogP) is 4.87. The third-order valence-electron chi connectivity index (χ3n) is 3.39. The van der Waals surface area contributed by atoms with E-state index in [9.17, 15) is 0 Å². The summed E-state index contributed by atoms with van der Waals surface area (Å²) >= 11 is 9.48. The second-order valence-electron chi connectivity index (χ2n) is 4.91. The molecule has 2 heterocycles. The van der Waals surface area contributed by atoms with Crippen molar-refractivity contribution in [3.63, 3.8) is 0 Å². The van der Waals surface area contributed by atoms with Gasteiger partial charge in [-0.05, 0) is 46.1 Å². The van der Waals surface area contributed by atoms with Crippen LogP contribution < -0.4 is 0 Å². The zero-order valence-electron chi connectivity index (χ0n) is 11.7. The first-order valence-electron chi connectivity index (χ1n) is 6.91. The summed E-state index contributed by atoms with van der Waals surface area (Å²) in [7, 11) is 0. The molecular formula is C16H15BrClN3. The monoisotopic (exact) mass is 363 g/mol. The van der Waals surface area contributed by atoms with Crippen molar-refractivity contribution in [3.05, 3.63) is 52.4 Å². The van der Waals surface area contributed by atoms with E-state index in [1.807, 2.05) is 10.6 Å². The Morgan fingerprint density at radius 1 is 1.24 bits per heavy atom. The van der Waals surface area contributed by atoms with Gasteiger partial charge >= 0.3 is 0 Å². The van der Waals surface area contributed by atoms with E-state index in [0.29, 0.717) is 5.88 Å². The zero-order chi connectivity index (χ0) is 14.8. The van der Waals surface area contributed by atoms with Gasteiger partial charge in [0.15, 0.2) is 5.65 Å². The molecule has 0 aliphatic rings. The van der Waals surface area contributed by atoms with Crippen LogP contribution in [0.3, 0.4) is 0 Å². The van der Waals surface area contributed by atoms with Crippen molar-refractivity contribution in [2.24, 2.45) is 0 Å². The van der Waals surface area contributed by atoms with Crippen LogP contribution in [0.4, 0.5) is 0 Å². The lowest BCUT2D eigenvalue weighted by Gasteiger charge is -2.08. The quantitative estimate of drug-likeness (QED) is 0.618. The number of alkyl halides is 1. The summed E-state index contributed by atoms with van der Waals surface area (Å²) in [4.78, 5) is 9.05. The first-order chi connectivity index (χ1) is 10.2. The van der Waals surface area contributed by atoms with Gasteiger partial charge in [-0.15, -0.1) is 11.6 Å². The highest BCUT2D eigenvalue weighted by molar-refractivity contribution is 9.10. The highest BCUT2D eigenvalue weighted by Gasteiger charge is 2.13. The highest BCUT2D eigenvalue weighted by Crippen LogP contribution is 2.23. The molecular weight excluding hydrogens is 350 g/mol. The zero-order valence-corrected chi connectivity index (χ0v) is 14.0. The van der Waals surface area contributed by atoms with Gasteiger partial charge in [0.05, 0.1) is 5.88 Å². The first-order valence-corrected chi connectivity index (χ1v) is 8.24. The lowest BCUT2D eigenvalue weighted by atomic mass is 10.1. The van der Waals surface area contributed by atoms with Crippen LogP contribution in [0.1, 0.15) is 24.7 Å². The van der Waals surface area contributed by atoms with Crippen molar-refractivity contribution in [3.8, 4) is 5.69 Å². The molecule has 0 unspecified atom stereocenters. The van der Waals surface area contributed by atoms with Crippen LogP contribution in [0, 0.1) is 0 Å². The van der Waals surface area contributed by atoms with Crippen LogP contribution >= 0.6 is 27.5 Å². The molecule has 0 saturated carbocycles. The molecule has 2 aromatic heterocycles. The summed E-state index contributed by atoms with van der Waals surface area (Å²) < 4.78 is 2.93. The summed E-state index contributed by atoms with van der Waals surface area (Å²) in [5.74, 6) is 1.16. The fourth-order valence-corrected chi connectivity index (χ4v) is 2.95. The molecule has 1 aromatic carbocycles. The molecule has 0 amide bonds. The van der Waals surface area contributed by atoms with E-state index in [1.54, 1.807) is 6.20 Å². The number of hydrogen-bond acceptors (Lipinski definition) is 2.